The third-order valence-corrected chi connectivity index (χ3v) is 3.21. The fourth-order valence-corrected chi connectivity index (χ4v) is 2.11. The molecule has 1 atom stereocenters. The van der Waals surface area contributed by atoms with Crippen LogP contribution in [0.4, 0.5) is 4.39 Å². The molecular formula is C16H17ClFNO. The summed E-state index contributed by atoms with van der Waals surface area (Å²) in [6.07, 6.45) is -0.167. The molecule has 0 heterocycles. The maximum atomic E-state index is 13.1. The van der Waals surface area contributed by atoms with E-state index in [2.05, 4.69) is 5.32 Å². The molecular weight excluding hydrogens is 277 g/mol. The van der Waals surface area contributed by atoms with E-state index in [-0.39, 0.29) is 16.9 Å². The Labute approximate surface area is 123 Å². The lowest BCUT2D eigenvalue weighted by molar-refractivity contribution is 0.202. The molecule has 0 fully saturated rings. The van der Waals surface area contributed by atoms with Crippen LogP contribution in [0.2, 0.25) is 5.02 Å². The van der Waals surface area contributed by atoms with Gasteiger partial charge in [0, 0.05) is 6.54 Å². The lowest BCUT2D eigenvalue weighted by Crippen LogP contribution is -2.25. The van der Waals surface area contributed by atoms with Gasteiger partial charge in [0.1, 0.15) is 17.7 Å². The maximum absolute atomic E-state index is 13.1. The van der Waals surface area contributed by atoms with Crippen molar-refractivity contribution in [2.45, 2.75) is 13.0 Å². The Hall–Kier alpha value is -1.58. The van der Waals surface area contributed by atoms with Crippen LogP contribution in [-0.4, -0.2) is 13.1 Å². The topological polar surface area (TPSA) is 21.3 Å². The number of likely N-dealkylation sites (N-methyl/N-ethyl adjacent to an activating group) is 1. The van der Waals surface area contributed by atoms with Crippen molar-refractivity contribution in [3.05, 3.63) is 64.9 Å². The first-order valence-electron chi connectivity index (χ1n) is 6.58. The minimum atomic E-state index is -0.370. The Morgan fingerprint density at radius 1 is 1.20 bits per heavy atom. The molecule has 20 heavy (non-hydrogen) atoms. The van der Waals surface area contributed by atoms with Crippen LogP contribution in [0.25, 0.3) is 0 Å². The maximum Gasteiger partial charge on any atom is 0.139 e. The van der Waals surface area contributed by atoms with Crippen LogP contribution >= 0.6 is 11.6 Å². The number of halogens is 2. The number of benzene rings is 2. The molecule has 0 saturated heterocycles. The van der Waals surface area contributed by atoms with E-state index in [4.69, 9.17) is 16.3 Å². The van der Waals surface area contributed by atoms with Crippen molar-refractivity contribution in [2.24, 2.45) is 0 Å². The Balaban J connectivity index is 2.19. The van der Waals surface area contributed by atoms with E-state index in [0.717, 1.165) is 12.1 Å². The van der Waals surface area contributed by atoms with Crippen LogP contribution in [0, 0.1) is 5.82 Å². The van der Waals surface area contributed by atoms with Crippen LogP contribution in [0.15, 0.2) is 48.5 Å². The van der Waals surface area contributed by atoms with Gasteiger partial charge in [0.25, 0.3) is 0 Å². The number of nitrogens with one attached hydrogen (secondary N) is 1. The number of rotatable bonds is 6. The minimum absolute atomic E-state index is 0.167. The molecule has 1 N–H and O–H groups in total. The number of hydrogen-bond donors (Lipinski definition) is 1. The van der Waals surface area contributed by atoms with Gasteiger partial charge in [-0.15, -0.1) is 0 Å². The monoisotopic (exact) mass is 293 g/mol. The van der Waals surface area contributed by atoms with Crippen molar-refractivity contribution < 1.29 is 9.13 Å². The standard InChI is InChI=1S/C16H17ClFNO/c1-2-19-11-16(12-6-4-3-5-7-12)20-15-9-8-13(18)10-14(15)17/h3-10,16,19H,2,11H2,1H3. The van der Waals surface area contributed by atoms with Crippen molar-refractivity contribution in [3.8, 4) is 5.75 Å². The zero-order chi connectivity index (χ0) is 14.4. The number of hydrogen-bond acceptors (Lipinski definition) is 2. The van der Waals surface area contributed by atoms with E-state index in [1.807, 2.05) is 37.3 Å². The lowest BCUT2D eigenvalue weighted by Gasteiger charge is -2.20. The summed E-state index contributed by atoms with van der Waals surface area (Å²) in [6.45, 7) is 3.55. The second-order valence-electron chi connectivity index (χ2n) is 4.40. The highest BCUT2D eigenvalue weighted by Crippen LogP contribution is 2.29. The average Bonchev–Trinajstić information content (AvgIpc) is 2.46. The van der Waals surface area contributed by atoms with Crippen LogP contribution in [-0.2, 0) is 0 Å². The van der Waals surface area contributed by atoms with Gasteiger partial charge in [0.15, 0.2) is 0 Å². The molecule has 0 saturated carbocycles. The lowest BCUT2D eigenvalue weighted by atomic mass is 10.1. The second-order valence-corrected chi connectivity index (χ2v) is 4.81. The van der Waals surface area contributed by atoms with Crippen LogP contribution in [0.5, 0.6) is 5.75 Å². The van der Waals surface area contributed by atoms with Gasteiger partial charge in [0.2, 0.25) is 0 Å². The summed E-state index contributed by atoms with van der Waals surface area (Å²) in [5.74, 6) is 0.116. The van der Waals surface area contributed by atoms with E-state index in [0.29, 0.717) is 12.3 Å². The molecule has 2 rings (SSSR count). The molecule has 2 aromatic rings. The first-order valence-corrected chi connectivity index (χ1v) is 6.96. The van der Waals surface area contributed by atoms with Crippen molar-refractivity contribution in [2.75, 3.05) is 13.1 Å². The SMILES string of the molecule is CCNCC(Oc1ccc(F)cc1Cl)c1ccccc1. The third kappa shape index (κ3) is 3.95. The quantitative estimate of drug-likeness (QED) is 0.861. The Morgan fingerprint density at radius 2 is 1.95 bits per heavy atom. The Morgan fingerprint density at radius 3 is 2.60 bits per heavy atom. The van der Waals surface area contributed by atoms with E-state index < -0.39 is 0 Å². The zero-order valence-corrected chi connectivity index (χ0v) is 12.0. The average molecular weight is 294 g/mol. The molecule has 0 aliphatic rings. The van der Waals surface area contributed by atoms with Crippen molar-refractivity contribution in [1.29, 1.82) is 0 Å². The van der Waals surface area contributed by atoms with Gasteiger partial charge in [-0.25, -0.2) is 4.39 Å². The molecule has 0 radical (unpaired) electrons. The summed E-state index contributed by atoms with van der Waals surface area (Å²) in [5.41, 5.74) is 1.05. The highest BCUT2D eigenvalue weighted by atomic mass is 35.5. The summed E-state index contributed by atoms with van der Waals surface area (Å²) in [6, 6.07) is 14.0. The highest BCUT2D eigenvalue weighted by Gasteiger charge is 2.14. The van der Waals surface area contributed by atoms with Gasteiger partial charge in [-0.2, -0.15) is 0 Å². The van der Waals surface area contributed by atoms with E-state index in [9.17, 15) is 4.39 Å². The summed E-state index contributed by atoms with van der Waals surface area (Å²) in [7, 11) is 0. The smallest absolute Gasteiger partial charge is 0.139 e. The molecule has 106 valence electrons. The van der Waals surface area contributed by atoms with Crippen LogP contribution in [0.1, 0.15) is 18.6 Å². The van der Waals surface area contributed by atoms with Crippen molar-refractivity contribution in [3.63, 3.8) is 0 Å². The number of ether oxygens (including phenoxy) is 1. The predicted octanol–water partition coefficient (Wildman–Crippen LogP) is 4.21. The summed E-state index contributed by atoms with van der Waals surface area (Å²) >= 11 is 6.01. The Kier molecular flexibility index (Phi) is 5.39. The molecule has 1 unspecified atom stereocenters. The normalized spacial score (nSPS) is 12.2. The predicted molar refractivity (Wildman–Crippen MR) is 79.8 cm³/mol. The summed E-state index contributed by atoms with van der Waals surface area (Å²) in [4.78, 5) is 0. The van der Waals surface area contributed by atoms with Gasteiger partial charge in [-0.1, -0.05) is 48.9 Å². The molecule has 0 aliphatic carbocycles. The van der Waals surface area contributed by atoms with E-state index in [1.54, 1.807) is 6.07 Å². The van der Waals surface area contributed by atoms with Crippen molar-refractivity contribution in [1.82, 2.24) is 5.32 Å². The third-order valence-electron chi connectivity index (χ3n) is 2.91. The molecule has 0 aliphatic heterocycles. The van der Waals surface area contributed by atoms with Gasteiger partial charge < -0.3 is 10.1 Å². The summed E-state index contributed by atoms with van der Waals surface area (Å²) < 4.78 is 19.0. The highest BCUT2D eigenvalue weighted by molar-refractivity contribution is 6.32. The molecule has 2 nitrogen and oxygen atoms in total. The van der Waals surface area contributed by atoms with Crippen molar-refractivity contribution >= 4 is 11.6 Å². The molecule has 4 heteroatoms. The largest absolute Gasteiger partial charge is 0.483 e. The van der Waals surface area contributed by atoms with E-state index >= 15 is 0 Å². The fourth-order valence-electron chi connectivity index (χ4n) is 1.89. The molecule has 0 aromatic heterocycles. The van der Waals surface area contributed by atoms with Gasteiger partial charge in [0.05, 0.1) is 5.02 Å². The van der Waals surface area contributed by atoms with Gasteiger partial charge in [-0.05, 0) is 30.3 Å². The Bertz CT molecular complexity index is 547. The molecule has 0 amide bonds. The van der Waals surface area contributed by atoms with Crippen LogP contribution < -0.4 is 10.1 Å². The first-order chi connectivity index (χ1) is 9.70. The first kappa shape index (κ1) is 14.8. The van der Waals surface area contributed by atoms with Crippen LogP contribution in [0.3, 0.4) is 0 Å². The fraction of sp³-hybridized carbons (Fsp3) is 0.250. The van der Waals surface area contributed by atoms with Gasteiger partial charge >= 0.3 is 0 Å². The van der Waals surface area contributed by atoms with Gasteiger partial charge in [-0.3, -0.25) is 0 Å². The second kappa shape index (κ2) is 7.27. The molecule has 0 bridgehead atoms. The minimum Gasteiger partial charge on any atom is -0.483 e. The van der Waals surface area contributed by atoms with E-state index in [1.165, 1.54) is 12.1 Å². The zero-order valence-electron chi connectivity index (χ0n) is 11.3. The summed E-state index contributed by atoms with van der Waals surface area (Å²) in [5, 5.41) is 3.54. The molecule has 2 aromatic carbocycles. The molecule has 0 spiro atoms.